The predicted octanol–water partition coefficient (Wildman–Crippen LogP) is 3.39. The summed E-state index contributed by atoms with van der Waals surface area (Å²) in [4.78, 5) is 0. The van der Waals surface area contributed by atoms with Gasteiger partial charge in [0.15, 0.2) is 6.29 Å². The highest BCUT2D eigenvalue weighted by Gasteiger charge is 2.31. The Hall–Kier alpha value is -0.980. The summed E-state index contributed by atoms with van der Waals surface area (Å²) >= 11 is 5.64. The van der Waals surface area contributed by atoms with Crippen molar-refractivity contribution in [3.8, 4) is 0 Å². The fraction of sp³-hybridized carbons (Fsp3) is 0.455. The van der Waals surface area contributed by atoms with Crippen molar-refractivity contribution in [3.63, 3.8) is 0 Å². The number of hydrogen-bond donors (Lipinski definition) is 1. The van der Waals surface area contributed by atoms with Gasteiger partial charge >= 0.3 is 6.18 Å². The second-order valence-corrected chi connectivity index (χ2v) is 3.94. The largest absolute Gasteiger partial charge is 0.416 e. The maximum absolute atomic E-state index is 12.5. The highest BCUT2D eigenvalue weighted by Crippen LogP contribution is 2.33. The van der Waals surface area contributed by atoms with Crippen LogP contribution in [0.15, 0.2) is 18.2 Å². The third kappa shape index (κ3) is 4.36. The van der Waals surface area contributed by atoms with Gasteiger partial charge in [-0.3, -0.25) is 0 Å². The van der Waals surface area contributed by atoms with Crippen LogP contribution < -0.4 is 5.32 Å². The van der Waals surface area contributed by atoms with E-state index < -0.39 is 18.0 Å². The Labute approximate surface area is 108 Å². The molecule has 0 bridgehead atoms. The molecule has 0 saturated carbocycles. The quantitative estimate of drug-likeness (QED) is 0.840. The van der Waals surface area contributed by atoms with Gasteiger partial charge in [-0.25, -0.2) is 0 Å². The topological polar surface area (TPSA) is 30.5 Å². The highest BCUT2D eigenvalue weighted by atomic mass is 35.5. The second kappa shape index (κ2) is 6.26. The Morgan fingerprint density at radius 3 is 2.33 bits per heavy atom. The number of alkyl halides is 3. The summed E-state index contributed by atoms with van der Waals surface area (Å²) < 4.78 is 47.4. The molecule has 0 atom stereocenters. The molecule has 3 nitrogen and oxygen atoms in total. The lowest BCUT2D eigenvalue weighted by Crippen LogP contribution is -2.23. The zero-order valence-electron chi connectivity index (χ0n) is 9.84. The molecule has 0 aliphatic rings. The summed E-state index contributed by atoms with van der Waals surface area (Å²) in [6.07, 6.45) is -4.97. The van der Waals surface area contributed by atoms with Gasteiger partial charge in [0.1, 0.15) is 0 Å². The molecule has 1 aromatic rings. The summed E-state index contributed by atoms with van der Waals surface area (Å²) in [6.45, 7) is 0.213. The monoisotopic (exact) mass is 283 g/mol. The first-order valence-corrected chi connectivity index (χ1v) is 5.42. The molecule has 0 aliphatic carbocycles. The van der Waals surface area contributed by atoms with Crippen molar-refractivity contribution in [1.82, 2.24) is 0 Å². The minimum Gasteiger partial charge on any atom is -0.380 e. The SMILES string of the molecule is COC(CNc1cc(Cl)cc(C(F)(F)F)c1)OC. The number of methoxy groups -OCH3 is 2. The van der Waals surface area contributed by atoms with Gasteiger partial charge in [-0.1, -0.05) is 11.6 Å². The number of nitrogens with one attached hydrogen (secondary N) is 1. The maximum atomic E-state index is 12.5. The first kappa shape index (κ1) is 15.1. The van der Waals surface area contributed by atoms with Crippen molar-refractivity contribution in [2.75, 3.05) is 26.1 Å². The van der Waals surface area contributed by atoms with Gasteiger partial charge in [0, 0.05) is 24.9 Å². The Kier molecular flexibility index (Phi) is 5.25. The molecule has 7 heteroatoms. The average molecular weight is 284 g/mol. The summed E-state index contributed by atoms with van der Waals surface area (Å²) in [6, 6.07) is 3.25. The first-order valence-electron chi connectivity index (χ1n) is 5.04. The second-order valence-electron chi connectivity index (χ2n) is 3.51. The minimum atomic E-state index is -4.43. The number of halogens is 4. The van der Waals surface area contributed by atoms with Crippen molar-refractivity contribution in [3.05, 3.63) is 28.8 Å². The molecule has 1 rings (SSSR count). The molecule has 0 saturated heterocycles. The van der Waals surface area contributed by atoms with Crippen LogP contribution in [0.5, 0.6) is 0 Å². The Bertz CT molecular complexity index is 394. The molecular formula is C11H13ClF3NO2. The van der Waals surface area contributed by atoms with Crippen LogP contribution >= 0.6 is 11.6 Å². The van der Waals surface area contributed by atoms with E-state index in [0.717, 1.165) is 12.1 Å². The van der Waals surface area contributed by atoms with Gasteiger partial charge in [-0.2, -0.15) is 13.2 Å². The fourth-order valence-electron chi connectivity index (χ4n) is 1.32. The third-order valence-corrected chi connectivity index (χ3v) is 2.44. The number of hydrogen-bond acceptors (Lipinski definition) is 3. The normalized spacial score (nSPS) is 11.9. The van der Waals surface area contributed by atoms with Crippen LogP contribution in [0.4, 0.5) is 18.9 Å². The van der Waals surface area contributed by atoms with Gasteiger partial charge in [0.25, 0.3) is 0 Å². The number of ether oxygens (including phenoxy) is 2. The molecular weight excluding hydrogens is 271 g/mol. The maximum Gasteiger partial charge on any atom is 0.416 e. The van der Waals surface area contributed by atoms with E-state index in [1.54, 1.807) is 0 Å². The van der Waals surface area contributed by atoms with Crippen LogP contribution in [-0.2, 0) is 15.7 Å². The smallest absolute Gasteiger partial charge is 0.380 e. The Balaban J connectivity index is 2.81. The Morgan fingerprint density at radius 1 is 1.22 bits per heavy atom. The summed E-state index contributed by atoms with van der Waals surface area (Å²) in [5.41, 5.74) is -0.544. The third-order valence-electron chi connectivity index (χ3n) is 2.22. The molecule has 0 radical (unpaired) electrons. The number of benzene rings is 1. The molecule has 0 unspecified atom stereocenters. The van der Waals surface area contributed by atoms with Gasteiger partial charge < -0.3 is 14.8 Å². The number of anilines is 1. The van der Waals surface area contributed by atoms with E-state index in [1.165, 1.54) is 20.3 Å². The lowest BCUT2D eigenvalue weighted by Gasteiger charge is -2.16. The molecule has 0 amide bonds. The van der Waals surface area contributed by atoms with E-state index in [0.29, 0.717) is 0 Å². The van der Waals surface area contributed by atoms with Crippen molar-refractivity contribution in [1.29, 1.82) is 0 Å². The average Bonchev–Trinajstić information content (AvgIpc) is 2.28. The van der Waals surface area contributed by atoms with Crippen LogP contribution in [0.1, 0.15) is 5.56 Å². The summed E-state index contributed by atoms with van der Waals surface area (Å²) in [5.74, 6) is 0. The van der Waals surface area contributed by atoms with Crippen LogP contribution in [0, 0.1) is 0 Å². The molecule has 18 heavy (non-hydrogen) atoms. The lowest BCUT2D eigenvalue weighted by atomic mass is 10.2. The molecule has 1 aromatic carbocycles. The number of rotatable bonds is 5. The zero-order valence-corrected chi connectivity index (χ0v) is 10.6. The van der Waals surface area contributed by atoms with Crippen LogP contribution in [0.3, 0.4) is 0 Å². The van der Waals surface area contributed by atoms with E-state index in [2.05, 4.69) is 5.32 Å². The Morgan fingerprint density at radius 2 is 1.83 bits per heavy atom. The van der Waals surface area contributed by atoms with Crippen molar-refractivity contribution in [2.24, 2.45) is 0 Å². The summed E-state index contributed by atoms with van der Waals surface area (Å²) in [7, 11) is 2.88. The van der Waals surface area contributed by atoms with Crippen LogP contribution in [0.2, 0.25) is 5.02 Å². The van der Waals surface area contributed by atoms with E-state index in [1.807, 2.05) is 0 Å². The van der Waals surface area contributed by atoms with E-state index in [9.17, 15) is 13.2 Å². The molecule has 1 N–H and O–H groups in total. The van der Waals surface area contributed by atoms with Gasteiger partial charge in [0.05, 0.1) is 12.1 Å². The molecule has 0 spiro atoms. The van der Waals surface area contributed by atoms with Gasteiger partial charge in [0.2, 0.25) is 0 Å². The van der Waals surface area contributed by atoms with Crippen molar-refractivity contribution < 1.29 is 22.6 Å². The molecule has 0 aliphatic heterocycles. The summed E-state index contributed by atoms with van der Waals surface area (Å²) in [5, 5.41) is 2.78. The predicted molar refractivity (Wildman–Crippen MR) is 62.7 cm³/mol. The minimum absolute atomic E-state index is 0.0127. The van der Waals surface area contributed by atoms with Crippen LogP contribution in [-0.4, -0.2) is 27.1 Å². The fourth-order valence-corrected chi connectivity index (χ4v) is 1.55. The zero-order chi connectivity index (χ0) is 13.8. The van der Waals surface area contributed by atoms with E-state index in [-0.39, 0.29) is 17.3 Å². The van der Waals surface area contributed by atoms with E-state index >= 15 is 0 Å². The van der Waals surface area contributed by atoms with Crippen molar-refractivity contribution >= 4 is 17.3 Å². The highest BCUT2D eigenvalue weighted by molar-refractivity contribution is 6.30. The van der Waals surface area contributed by atoms with Gasteiger partial charge in [-0.05, 0) is 18.2 Å². The molecule has 0 fully saturated rings. The molecule has 0 heterocycles. The lowest BCUT2D eigenvalue weighted by molar-refractivity contribution is -0.137. The standard InChI is InChI=1S/C11H13ClF3NO2/c1-17-10(18-2)6-16-9-4-7(11(13,14)15)3-8(12)5-9/h3-5,10,16H,6H2,1-2H3. The van der Waals surface area contributed by atoms with Gasteiger partial charge in [-0.15, -0.1) is 0 Å². The molecule has 0 aromatic heterocycles. The van der Waals surface area contributed by atoms with E-state index in [4.69, 9.17) is 21.1 Å². The first-order chi connectivity index (χ1) is 8.36. The molecule has 102 valence electrons. The van der Waals surface area contributed by atoms with Crippen LogP contribution in [0.25, 0.3) is 0 Å². The van der Waals surface area contributed by atoms with Crippen molar-refractivity contribution in [2.45, 2.75) is 12.5 Å².